The Morgan fingerprint density at radius 3 is 3.07 bits per heavy atom. The van der Waals surface area contributed by atoms with E-state index in [1.165, 1.54) is 0 Å². The largest absolute Gasteiger partial charge is 0.482 e. The minimum atomic E-state index is -0.542. The van der Waals surface area contributed by atoms with E-state index in [4.69, 9.17) is 4.74 Å². The molecular formula is C10H11NO3. The SMILES string of the molecule is CC(O)c1ccc2c(c1)NC(=O)CO2. The van der Waals surface area contributed by atoms with Gasteiger partial charge in [-0.3, -0.25) is 4.79 Å². The van der Waals surface area contributed by atoms with Crippen LogP contribution >= 0.6 is 0 Å². The van der Waals surface area contributed by atoms with Gasteiger partial charge in [0.05, 0.1) is 11.8 Å². The number of hydrogen-bond acceptors (Lipinski definition) is 3. The van der Waals surface area contributed by atoms with E-state index in [1.807, 2.05) is 0 Å². The van der Waals surface area contributed by atoms with E-state index < -0.39 is 6.10 Å². The molecule has 1 atom stereocenters. The molecule has 2 rings (SSSR count). The molecular weight excluding hydrogens is 182 g/mol. The van der Waals surface area contributed by atoms with Gasteiger partial charge in [0.15, 0.2) is 6.61 Å². The van der Waals surface area contributed by atoms with E-state index in [1.54, 1.807) is 25.1 Å². The fraction of sp³-hybridized carbons (Fsp3) is 0.300. The highest BCUT2D eigenvalue weighted by molar-refractivity contribution is 5.95. The average molecular weight is 193 g/mol. The van der Waals surface area contributed by atoms with Crippen LogP contribution in [0.15, 0.2) is 18.2 Å². The predicted octanol–water partition coefficient (Wildman–Crippen LogP) is 1.07. The summed E-state index contributed by atoms with van der Waals surface area (Å²) >= 11 is 0. The number of nitrogens with one attached hydrogen (secondary N) is 1. The number of amides is 1. The lowest BCUT2D eigenvalue weighted by Crippen LogP contribution is -2.25. The van der Waals surface area contributed by atoms with E-state index in [2.05, 4.69) is 5.32 Å². The fourth-order valence-electron chi connectivity index (χ4n) is 1.36. The van der Waals surface area contributed by atoms with Crippen molar-refractivity contribution in [2.24, 2.45) is 0 Å². The summed E-state index contributed by atoms with van der Waals surface area (Å²) in [4.78, 5) is 11.0. The molecule has 4 heteroatoms. The molecule has 74 valence electrons. The zero-order chi connectivity index (χ0) is 10.1. The van der Waals surface area contributed by atoms with Crippen LogP contribution < -0.4 is 10.1 Å². The van der Waals surface area contributed by atoms with Crippen LogP contribution in [-0.4, -0.2) is 17.6 Å². The number of benzene rings is 1. The summed E-state index contributed by atoms with van der Waals surface area (Å²) in [5.74, 6) is 0.481. The average Bonchev–Trinajstić information content (AvgIpc) is 2.16. The van der Waals surface area contributed by atoms with Gasteiger partial charge in [-0.15, -0.1) is 0 Å². The summed E-state index contributed by atoms with van der Waals surface area (Å²) < 4.78 is 5.18. The molecule has 0 aromatic heterocycles. The van der Waals surface area contributed by atoms with Crippen molar-refractivity contribution in [1.82, 2.24) is 0 Å². The normalized spacial score (nSPS) is 16.6. The van der Waals surface area contributed by atoms with Crippen LogP contribution in [0.1, 0.15) is 18.6 Å². The van der Waals surface area contributed by atoms with Crippen LogP contribution in [0.25, 0.3) is 0 Å². The maximum atomic E-state index is 11.0. The number of rotatable bonds is 1. The van der Waals surface area contributed by atoms with Gasteiger partial charge < -0.3 is 15.2 Å². The zero-order valence-corrected chi connectivity index (χ0v) is 7.78. The predicted molar refractivity (Wildman–Crippen MR) is 51.2 cm³/mol. The first-order valence-electron chi connectivity index (χ1n) is 4.41. The Hall–Kier alpha value is -1.55. The zero-order valence-electron chi connectivity index (χ0n) is 7.78. The number of hydrogen-bond donors (Lipinski definition) is 2. The highest BCUT2D eigenvalue weighted by Gasteiger charge is 2.16. The van der Waals surface area contributed by atoms with Crippen LogP contribution in [0.4, 0.5) is 5.69 Å². The van der Waals surface area contributed by atoms with Gasteiger partial charge in [0, 0.05) is 0 Å². The second kappa shape index (κ2) is 3.31. The number of ether oxygens (including phenoxy) is 1. The maximum absolute atomic E-state index is 11.0. The van der Waals surface area contributed by atoms with Crippen LogP contribution in [-0.2, 0) is 4.79 Å². The first-order chi connectivity index (χ1) is 6.66. The number of aliphatic hydroxyl groups excluding tert-OH is 1. The molecule has 0 bridgehead atoms. The van der Waals surface area contributed by atoms with Crippen LogP contribution in [0, 0.1) is 0 Å². The van der Waals surface area contributed by atoms with Crippen molar-refractivity contribution in [2.75, 3.05) is 11.9 Å². The summed E-state index contributed by atoms with van der Waals surface area (Å²) in [6.45, 7) is 1.73. The number of carbonyl (C=O) groups is 1. The molecule has 1 amide bonds. The van der Waals surface area contributed by atoms with Gasteiger partial charge in [-0.25, -0.2) is 0 Å². The summed E-state index contributed by atoms with van der Waals surface area (Å²) in [5.41, 5.74) is 1.38. The van der Waals surface area contributed by atoms with Crippen molar-refractivity contribution in [3.05, 3.63) is 23.8 Å². The number of anilines is 1. The standard InChI is InChI=1S/C10H11NO3/c1-6(12)7-2-3-9-8(4-7)11-10(13)5-14-9/h2-4,6,12H,5H2,1H3,(H,11,13). The van der Waals surface area contributed by atoms with E-state index in [0.717, 1.165) is 5.56 Å². The van der Waals surface area contributed by atoms with Gasteiger partial charge >= 0.3 is 0 Å². The molecule has 0 radical (unpaired) electrons. The van der Waals surface area contributed by atoms with Crippen LogP contribution in [0.5, 0.6) is 5.75 Å². The molecule has 1 aromatic rings. The number of aliphatic hydroxyl groups is 1. The number of fused-ring (bicyclic) bond motifs is 1. The Bertz CT molecular complexity index is 374. The maximum Gasteiger partial charge on any atom is 0.262 e. The number of carbonyl (C=O) groups excluding carboxylic acids is 1. The lowest BCUT2D eigenvalue weighted by atomic mass is 10.1. The smallest absolute Gasteiger partial charge is 0.262 e. The summed E-state index contributed by atoms with van der Waals surface area (Å²) in [5, 5.41) is 12.0. The Balaban J connectivity index is 2.37. The minimum Gasteiger partial charge on any atom is -0.482 e. The third kappa shape index (κ3) is 1.56. The van der Waals surface area contributed by atoms with E-state index in [0.29, 0.717) is 11.4 Å². The lowest BCUT2D eigenvalue weighted by molar-refractivity contribution is -0.118. The van der Waals surface area contributed by atoms with Gasteiger partial charge in [-0.1, -0.05) is 6.07 Å². The Morgan fingerprint density at radius 2 is 2.36 bits per heavy atom. The van der Waals surface area contributed by atoms with Crippen molar-refractivity contribution in [3.8, 4) is 5.75 Å². The monoisotopic (exact) mass is 193 g/mol. The van der Waals surface area contributed by atoms with Gasteiger partial charge in [0.25, 0.3) is 5.91 Å². The van der Waals surface area contributed by atoms with Crippen LogP contribution in [0.2, 0.25) is 0 Å². The van der Waals surface area contributed by atoms with Gasteiger partial charge in [0.1, 0.15) is 5.75 Å². The Morgan fingerprint density at radius 1 is 1.57 bits per heavy atom. The lowest BCUT2D eigenvalue weighted by Gasteiger charge is -2.19. The minimum absolute atomic E-state index is 0.0566. The molecule has 0 fully saturated rings. The quantitative estimate of drug-likeness (QED) is 0.701. The van der Waals surface area contributed by atoms with Gasteiger partial charge in [-0.05, 0) is 24.6 Å². The van der Waals surface area contributed by atoms with Gasteiger partial charge in [0.2, 0.25) is 0 Å². The molecule has 1 aromatic carbocycles. The molecule has 0 aliphatic carbocycles. The molecule has 0 spiro atoms. The molecule has 1 unspecified atom stereocenters. The topological polar surface area (TPSA) is 58.6 Å². The Kier molecular flexibility index (Phi) is 2.13. The first kappa shape index (κ1) is 9.02. The summed E-state index contributed by atoms with van der Waals surface area (Å²) in [6.07, 6.45) is -0.542. The third-order valence-electron chi connectivity index (χ3n) is 2.12. The van der Waals surface area contributed by atoms with Gasteiger partial charge in [-0.2, -0.15) is 0 Å². The molecule has 14 heavy (non-hydrogen) atoms. The molecule has 0 saturated carbocycles. The highest BCUT2D eigenvalue weighted by atomic mass is 16.5. The van der Waals surface area contributed by atoms with Crippen molar-refractivity contribution in [1.29, 1.82) is 0 Å². The molecule has 2 N–H and O–H groups in total. The van der Waals surface area contributed by atoms with Crippen molar-refractivity contribution in [3.63, 3.8) is 0 Å². The van der Waals surface area contributed by atoms with E-state index >= 15 is 0 Å². The summed E-state index contributed by atoms with van der Waals surface area (Å²) in [6, 6.07) is 5.24. The summed E-state index contributed by atoms with van der Waals surface area (Å²) in [7, 11) is 0. The molecule has 0 saturated heterocycles. The van der Waals surface area contributed by atoms with Crippen molar-refractivity contribution in [2.45, 2.75) is 13.0 Å². The van der Waals surface area contributed by atoms with E-state index in [9.17, 15) is 9.90 Å². The van der Waals surface area contributed by atoms with Crippen LogP contribution in [0.3, 0.4) is 0 Å². The van der Waals surface area contributed by atoms with Crippen molar-refractivity contribution >= 4 is 11.6 Å². The molecule has 4 nitrogen and oxygen atoms in total. The third-order valence-corrected chi connectivity index (χ3v) is 2.12. The van der Waals surface area contributed by atoms with E-state index in [-0.39, 0.29) is 12.5 Å². The molecule has 1 aliphatic heterocycles. The fourth-order valence-corrected chi connectivity index (χ4v) is 1.36. The second-order valence-electron chi connectivity index (χ2n) is 3.27. The highest BCUT2D eigenvalue weighted by Crippen LogP contribution is 2.30. The van der Waals surface area contributed by atoms with Crippen molar-refractivity contribution < 1.29 is 14.6 Å². The first-order valence-corrected chi connectivity index (χ1v) is 4.41. The molecule has 1 aliphatic rings. The second-order valence-corrected chi connectivity index (χ2v) is 3.27. The molecule has 1 heterocycles. The Labute approximate surface area is 81.5 Å².